The Bertz CT molecular complexity index is 807. The fraction of sp³-hybridized carbons (Fsp3) is 0.522. The number of nitrogens with one attached hydrogen (secondary N) is 2. The number of carbonyl (C=O) groups excluding carboxylic acids is 1. The second-order valence-corrected chi connectivity index (χ2v) is 9.90. The molecule has 0 spiro atoms. The molecule has 0 aliphatic carbocycles. The van der Waals surface area contributed by atoms with Gasteiger partial charge in [0.05, 0.1) is 5.25 Å². The number of hydrogen-bond donors (Lipinski definition) is 2. The first-order valence-corrected chi connectivity index (χ1v) is 11.9. The Morgan fingerprint density at radius 2 is 1.66 bits per heavy atom. The molecule has 0 saturated carbocycles. The van der Waals surface area contributed by atoms with Gasteiger partial charge in [0.15, 0.2) is 0 Å². The van der Waals surface area contributed by atoms with E-state index in [1.54, 1.807) is 13.8 Å². The van der Waals surface area contributed by atoms with Crippen molar-refractivity contribution in [3.63, 3.8) is 0 Å². The van der Waals surface area contributed by atoms with Crippen LogP contribution in [0.5, 0.6) is 0 Å². The average Bonchev–Trinajstić information content (AvgIpc) is 2.66. The van der Waals surface area contributed by atoms with E-state index in [0.717, 1.165) is 18.5 Å². The van der Waals surface area contributed by atoms with Crippen LogP contribution in [0, 0.1) is 0 Å². The normalized spacial score (nSPS) is 13.0. The van der Waals surface area contributed by atoms with Crippen LogP contribution in [0.1, 0.15) is 65.9 Å². The van der Waals surface area contributed by atoms with Gasteiger partial charge in [0, 0.05) is 18.7 Å². The first-order chi connectivity index (χ1) is 13.7. The lowest BCUT2D eigenvalue weighted by Gasteiger charge is -2.09. The molecule has 5 nitrogen and oxygen atoms in total. The minimum Gasteiger partial charge on any atom is -0.326 e. The minimum atomic E-state index is -3.23. The summed E-state index contributed by atoms with van der Waals surface area (Å²) in [7, 11) is -3.23. The summed E-state index contributed by atoms with van der Waals surface area (Å²) in [5.41, 5.74) is 4.58. The van der Waals surface area contributed by atoms with Crippen LogP contribution in [0.3, 0.4) is 0 Å². The van der Waals surface area contributed by atoms with E-state index in [1.807, 2.05) is 24.3 Å². The van der Waals surface area contributed by atoms with Gasteiger partial charge < -0.3 is 5.32 Å². The molecule has 29 heavy (non-hydrogen) atoms. The van der Waals surface area contributed by atoms with Crippen molar-refractivity contribution >= 4 is 21.6 Å². The molecule has 162 valence electrons. The molecular formula is C23H36N2O3S. The molecule has 2 N–H and O–H groups in total. The Morgan fingerprint density at radius 1 is 1.03 bits per heavy atom. The van der Waals surface area contributed by atoms with Crippen LogP contribution in [-0.2, 0) is 21.2 Å². The highest BCUT2D eigenvalue weighted by atomic mass is 32.2. The fourth-order valence-electron chi connectivity index (χ4n) is 2.64. The molecule has 0 bridgehead atoms. The number of carbonyl (C=O) groups is 1. The molecule has 6 heteroatoms. The summed E-state index contributed by atoms with van der Waals surface area (Å²) in [5.74, 6) is -0.0551. The third-order valence-electron chi connectivity index (χ3n) is 4.77. The van der Waals surface area contributed by atoms with Gasteiger partial charge in [-0.15, -0.1) is 0 Å². The minimum absolute atomic E-state index is 0.0551. The van der Waals surface area contributed by atoms with Crippen molar-refractivity contribution in [3.05, 3.63) is 53.1 Å². The molecule has 0 aliphatic heterocycles. The van der Waals surface area contributed by atoms with E-state index in [0.29, 0.717) is 25.8 Å². The maximum atomic E-state index is 12.1. The number of hydrogen-bond acceptors (Lipinski definition) is 3. The van der Waals surface area contributed by atoms with E-state index in [4.69, 9.17) is 0 Å². The van der Waals surface area contributed by atoms with E-state index < -0.39 is 15.3 Å². The van der Waals surface area contributed by atoms with E-state index in [1.165, 1.54) is 16.7 Å². The summed E-state index contributed by atoms with van der Waals surface area (Å²) < 4.78 is 25.8. The molecule has 1 aromatic rings. The highest BCUT2D eigenvalue weighted by molar-refractivity contribution is 7.90. The lowest BCUT2D eigenvalue weighted by molar-refractivity contribution is -0.116. The molecule has 0 aliphatic rings. The number of anilines is 1. The first kappa shape index (κ1) is 25.1. The van der Waals surface area contributed by atoms with Crippen molar-refractivity contribution < 1.29 is 13.2 Å². The van der Waals surface area contributed by atoms with Gasteiger partial charge >= 0.3 is 0 Å². The highest BCUT2D eigenvalue weighted by Crippen LogP contribution is 2.14. The monoisotopic (exact) mass is 420 g/mol. The van der Waals surface area contributed by atoms with Crippen LogP contribution in [0.25, 0.3) is 0 Å². The van der Waals surface area contributed by atoms with Crippen molar-refractivity contribution in [3.8, 4) is 0 Å². The summed E-state index contributed by atoms with van der Waals surface area (Å²) >= 11 is 0. The maximum Gasteiger partial charge on any atom is 0.224 e. The third-order valence-corrected chi connectivity index (χ3v) is 6.62. The second kappa shape index (κ2) is 12.6. The number of rotatable bonds is 12. The molecule has 1 rings (SSSR count). The standard InChI is InChI=1S/C23H36N2O3S/c1-6-9-19(4)20(5)11-12-21-13-15-22(16-14-21)25-23(26)10-7-8-17-24-29(27,28)18(2)3/h9,11,13-16,18,24H,6-8,10,12,17H2,1-5H3,(H,25,26)/b19-9-,20-11-. The SMILES string of the molecule is CC/C=C(C)\C(C)=C/Cc1ccc(NC(=O)CCCCNS(=O)(=O)C(C)C)cc1. The maximum absolute atomic E-state index is 12.1. The number of sulfonamides is 1. The van der Waals surface area contributed by atoms with Gasteiger partial charge in [-0.05, 0) is 71.1 Å². The van der Waals surface area contributed by atoms with Crippen molar-refractivity contribution in [2.75, 3.05) is 11.9 Å². The van der Waals surface area contributed by atoms with Crippen LogP contribution in [0.15, 0.2) is 47.6 Å². The van der Waals surface area contributed by atoms with Crippen molar-refractivity contribution in [2.45, 2.75) is 72.0 Å². The van der Waals surface area contributed by atoms with Crippen LogP contribution in [-0.4, -0.2) is 26.1 Å². The molecule has 1 amide bonds. The Hall–Kier alpha value is -1.92. The van der Waals surface area contributed by atoms with Gasteiger partial charge in [0.2, 0.25) is 15.9 Å². The molecule has 0 saturated heterocycles. The van der Waals surface area contributed by atoms with Gasteiger partial charge in [-0.2, -0.15) is 0 Å². The lowest BCUT2D eigenvalue weighted by Crippen LogP contribution is -2.31. The largest absolute Gasteiger partial charge is 0.326 e. The van der Waals surface area contributed by atoms with E-state index >= 15 is 0 Å². The number of unbranched alkanes of at least 4 members (excludes halogenated alkanes) is 1. The Kier molecular flexibility index (Phi) is 10.9. The molecule has 1 aromatic carbocycles. The molecule has 0 heterocycles. The summed E-state index contributed by atoms with van der Waals surface area (Å²) in [5, 5.41) is 2.45. The lowest BCUT2D eigenvalue weighted by atomic mass is 10.0. The highest BCUT2D eigenvalue weighted by Gasteiger charge is 2.14. The fourth-order valence-corrected chi connectivity index (χ4v) is 3.40. The van der Waals surface area contributed by atoms with E-state index in [2.05, 4.69) is 43.0 Å². The Balaban J connectivity index is 2.38. The van der Waals surface area contributed by atoms with Gasteiger partial charge in [0.25, 0.3) is 0 Å². The van der Waals surface area contributed by atoms with Crippen LogP contribution in [0.4, 0.5) is 5.69 Å². The number of benzene rings is 1. The van der Waals surface area contributed by atoms with Gasteiger partial charge in [-0.1, -0.05) is 42.4 Å². The van der Waals surface area contributed by atoms with Crippen molar-refractivity contribution in [1.29, 1.82) is 0 Å². The number of amides is 1. The van der Waals surface area contributed by atoms with Crippen LogP contribution in [0.2, 0.25) is 0 Å². The summed E-state index contributed by atoms with van der Waals surface area (Å²) in [6.45, 7) is 10.0. The van der Waals surface area contributed by atoms with Crippen LogP contribution >= 0.6 is 0 Å². The smallest absolute Gasteiger partial charge is 0.224 e. The quantitative estimate of drug-likeness (QED) is 0.370. The topological polar surface area (TPSA) is 75.3 Å². The van der Waals surface area contributed by atoms with Crippen LogP contribution < -0.4 is 10.0 Å². The molecule has 0 aromatic heterocycles. The predicted octanol–water partition coefficient (Wildman–Crippen LogP) is 4.97. The zero-order chi connectivity index (χ0) is 21.9. The van der Waals surface area contributed by atoms with Crippen molar-refractivity contribution in [2.24, 2.45) is 0 Å². The summed E-state index contributed by atoms with van der Waals surface area (Å²) in [6, 6.07) is 7.89. The predicted molar refractivity (Wildman–Crippen MR) is 122 cm³/mol. The number of allylic oxidation sites excluding steroid dienone is 4. The third kappa shape index (κ3) is 9.90. The van der Waals surface area contributed by atoms with Gasteiger partial charge in [0.1, 0.15) is 0 Å². The Morgan fingerprint density at radius 3 is 2.24 bits per heavy atom. The Labute approximate surface area is 176 Å². The molecule has 0 unspecified atom stereocenters. The molecular weight excluding hydrogens is 384 g/mol. The first-order valence-electron chi connectivity index (χ1n) is 10.4. The zero-order valence-corrected chi connectivity index (χ0v) is 19.2. The molecule has 0 fully saturated rings. The molecule has 0 radical (unpaired) electrons. The summed E-state index contributed by atoms with van der Waals surface area (Å²) in [4.78, 5) is 12.1. The van der Waals surface area contributed by atoms with Gasteiger partial charge in [-0.25, -0.2) is 13.1 Å². The summed E-state index contributed by atoms with van der Waals surface area (Å²) in [6.07, 6.45) is 8.00. The zero-order valence-electron chi connectivity index (χ0n) is 18.4. The van der Waals surface area contributed by atoms with Crippen molar-refractivity contribution in [1.82, 2.24) is 4.72 Å². The average molecular weight is 421 g/mol. The molecule has 0 atom stereocenters. The second-order valence-electron chi connectivity index (χ2n) is 7.58. The van der Waals surface area contributed by atoms with E-state index in [9.17, 15) is 13.2 Å². The van der Waals surface area contributed by atoms with Gasteiger partial charge in [-0.3, -0.25) is 4.79 Å². The van der Waals surface area contributed by atoms with E-state index in [-0.39, 0.29) is 5.91 Å².